The minimum absolute atomic E-state index is 0.252. The van der Waals surface area contributed by atoms with Gasteiger partial charge in [-0.15, -0.1) is 0 Å². The number of hydrogen-bond acceptors (Lipinski definition) is 4. The molecule has 0 aliphatic carbocycles. The van der Waals surface area contributed by atoms with Gasteiger partial charge in [0.2, 0.25) is 6.79 Å². The minimum atomic E-state index is 0.252. The number of ether oxygens (including phenoxy) is 4. The summed E-state index contributed by atoms with van der Waals surface area (Å²) in [7, 11) is 3.73. The highest BCUT2D eigenvalue weighted by Crippen LogP contribution is 2.40. The van der Waals surface area contributed by atoms with Crippen LogP contribution < -0.4 is 23.5 Å². The summed E-state index contributed by atoms with van der Waals surface area (Å²) in [5, 5.41) is 2.13. The molecule has 0 fully saturated rings. The molecular formula is C26H23BrNO4+. The molecular weight excluding hydrogens is 470 g/mol. The Bertz CT molecular complexity index is 1290. The Morgan fingerprint density at radius 3 is 2.56 bits per heavy atom. The zero-order valence-electron chi connectivity index (χ0n) is 17.9. The molecule has 1 aromatic heterocycles. The molecule has 0 radical (unpaired) electrons. The van der Waals surface area contributed by atoms with E-state index in [2.05, 4.69) is 58.0 Å². The summed E-state index contributed by atoms with van der Waals surface area (Å²) in [6.07, 6.45) is 2.76. The molecule has 5 rings (SSSR count). The van der Waals surface area contributed by atoms with Crippen molar-refractivity contribution in [2.45, 2.75) is 13.0 Å². The van der Waals surface area contributed by atoms with Crippen LogP contribution in [0.3, 0.4) is 0 Å². The highest BCUT2D eigenvalue weighted by Gasteiger charge is 2.23. The molecule has 32 heavy (non-hydrogen) atoms. The van der Waals surface area contributed by atoms with Crippen LogP contribution in [0.5, 0.6) is 23.0 Å². The van der Waals surface area contributed by atoms with E-state index in [4.69, 9.17) is 18.9 Å². The lowest BCUT2D eigenvalue weighted by Gasteiger charge is -2.15. The number of nitrogens with zero attached hydrogens (tertiary/aromatic N) is 1. The average molecular weight is 493 g/mol. The van der Waals surface area contributed by atoms with E-state index in [1.165, 1.54) is 0 Å². The standard InChI is InChI=1S/C26H23BrNO4/c1-28-11-10-18-8-9-22(29-2)26(30-15-17-6-4-3-5-7-17)25(18)21(28)12-19-13-23-24(14-20(19)27)32-16-31-23/h3-11,13-14H,12,15-16H2,1-2H3/q+1. The lowest BCUT2D eigenvalue weighted by atomic mass is 10.0. The van der Waals surface area contributed by atoms with Crippen LogP contribution in [0.4, 0.5) is 0 Å². The van der Waals surface area contributed by atoms with Gasteiger partial charge in [0.15, 0.2) is 34.9 Å². The van der Waals surface area contributed by atoms with E-state index >= 15 is 0 Å². The molecule has 6 heteroatoms. The van der Waals surface area contributed by atoms with Gasteiger partial charge in [0.1, 0.15) is 13.7 Å². The summed E-state index contributed by atoms with van der Waals surface area (Å²) < 4.78 is 26.3. The smallest absolute Gasteiger partial charge is 0.231 e. The van der Waals surface area contributed by atoms with E-state index in [0.29, 0.717) is 18.8 Å². The van der Waals surface area contributed by atoms with Crippen molar-refractivity contribution in [2.75, 3.05) is 13.9 Å². The van der Waals surface area contributed by atoms with Gasteiger partial charge < -0.3 is 18.9 Å². The predicted octanol–water partition coefficient (Wildman–Crippen LogP) is 5.33. The maximum Gasteiger partial charge on any atom is 0.231 e. The molecule has 5 nitrogen and oxygen atoms in total. The zero-order chi connectivity index (χ0) is 22.1. The Kier molecular flexibility index (Phi) is 5.62. The predicted molar refractivity (Wildman–Crippen MR) is 126 cm³/mol. The van der Waals surface area contributed by atoms with Crippen LogP contribution in [0.2, 0.25) is 0 Å². The van der Waals surface area contributed by atoms with Crippen LogP contribution in [0.15, 0.2) is 71.3 Å². The van der Waals surface area contributed by atoms with Gasteiger partial charge in [0.05, 0.1) is 18.9 Å². The molecule has 0 atom stereocenters. The Labute approximate surface area is 195 Å². The molecule has 162 valence electrons. The fourth-order valence-corrected chi connectivity index (χ4v) is 4.46. The first-order valence-corrected chi connectivity index (χ1v) is 11.2. The minimum Gasteiger partial charge on any atom is -0.493 e. The first-order chi connectivity index (χ1) is 15.6. The lowest BCUT2D eigenvalue weighted by Crippen LogP contribution is -2.33. The second-order valence-corrected chi connectivity index (χ2v) is 8.54. The van der Waals surface area contributed by atoms with Gasteiger partial charge in [-0.3, -0.25) is 0 Å². The number of hydrogen-bond donors (Lipinski definition) is 0. The topological polar surface area (TPSA) is 40.8 Å². The third-order valence-corrected chi connectivity index (χ3v) is 6.43. The van der Waals surface area contributed by atoms with E-state index in [1.807, 2.05) is 36.4 Å². The Balaban J connectivity index is 1.61. The van der Waals surface area contributed by atoms with Crippen LogP contribution >= 0.6 is 15.9 Å². The normalized spacial score (nSPS) is 12.2. The van der Waals surface area contributed by atoms with E-state index in [1.54, 1.807) is 7.11 Å². The van der Waals surface area contributed by atoms with E-state index in [0.717, 1.165) is 49.3 Å². The van der Waals surface area contributed by atoms with E-state index in [9.17, 15) is 0 Å². The first kappa shape index (κ1) is 20.6. The van der Waals surface area contributed by atoms with Crippen molar-refractivity contribution in [2.24, 2.45) is 7.05 Å². The van der Waals surface area contributed by atoms with Crippen LogP contribution in [0, 0.1) is 0 Å². The fourth-order valence-electron chi connectivity index (χ4n) is 4.00. The number of rotatable bonds is 6. The Hall–Kier alpha value is -3.25. The van der Waals surface area contributed by atoms with Crippen molar-refractivity contribution >= 4 is 26.7 Å². The fraction of sp³-hybridized carbons (Fsp3) is 0.192. The molecule has 0 unspecified atom stereocenters. The second-order valence-electron chi connectivity index (χ2n) is 7.68. The molecule has 0 saturated carbocycles. The van der Waals surface area contributed by atoms with Crippen LogP contribution in [-0.4, -0.2) is 13.9 Å². The van der Waals surface area contributed by atoms with Gasteiger partial charge in [0, 0.05) is 10.5 Å². The molecule has 3 aromatic carbocycles. The van der Waals surface area contributed by atoms with Gasteiger partial charge in [-0.1, -0.05) is 46.3 Å². The van der Waals surface area contributed by atoms with E-state index < -0.39 is 0 Å². The number of aryl methyl sites for hydroxylation is 1. The lowest BCUT2D eigenvalue weighted by molar-refractivity contribution is -0.677. The zero-order valence-corrected chi connectivity index (χ0v) is 19.5. The number of pyridine rings is 1. The van der Waals surface area contributed by atoms with Crippen LogP contribution in [0.25, 0.3) is 10.8 Å². The number of aromatic nitrogens is 1. The summed E-state index contributed by atoms with van der Waals surface area (Å²) in [5.74, 6) is 2.99. The maximum atomic E-state index is 6.37. The number of benzene rings is 3. The Morgan fingerprint density at radius 2 is 1.78 bits per heavy atom. The molecule has 0 spiro atoms. The van der Waals surface area contributed by atoms with Crippen molar-refractivity contribution in [3.63, 3.8) is 0 Å². The van der Waals surface area contributed by atoms with Gasteiger partial charge in [0.25, 0.3) is 0 Å². The highest BCUT2D eigenvalue weighted by molar-refractivity contribution is 9.10. The third-order valence-electron chi connectivity index (χ3n) is 5.69. The van der Waals surface area contributed by atoms with E-state index in [-0.39, 0.29) is 6.79 Å². The second kappa shape index (κ2) is 8.71. The molecule has 1 aliphatic rings. The molecule has 0 N–H and O–H groups in total. The van der Waals surface area contributed by atoms with Gasteiger partial charge in [-0.2, -0.15) is 0 Å². The van der Waals surface area contributed by atoms with Crippen LogP contribution in [0.1, 0.15) is 16.8 Å². The van der Waals surface area contributed by atoms with Crippen molar-refractivity contribution < 1.29 is 23.5 Å². The van der Waals surface area contributed by atoms with Gasteiger partial charge in [-0.05, 0) is 40.8 Å². The SMILES string of the molecule is COc1ccc2cc[n+](C)c(Cc3cc4c(cc3Br)OCO4)c2c1OCc1ccccc1. The van der Waals surface area contributed by atoms with Crippen molar-refractivity contribution in [3.8, 4) is 23.0 Å². The van der Waals surface area contributed by atoms with Crippen molar-refractivity contribution in [1.82, 2.24) is 0 Å². The van der Waals surface area contributed by atoms with Gasteiger partial charge in [-0.25, -0.2) is 4.57 Å². The summed E-state index contributed by atoms with van der Waals surface area (Å²) in [5.41, 5.74) is 3.32. The summed E-state index contributed by atoms with van der Waals surface area (Å²) >= 11 is 3.70. The summed E-state index contributed by atoms with van der Waals surface area (Å²) in [4.78, 5) is 0. The number of methoxy groups -OCH3 is 1. The molecule has 0 saturated heterocycles. The van der Waals surface area contributed by atoms with Gasteiger partial charge >= 0.3 is 0 Å². The summed E-state index contributed by atoms with van der Waals surface area (Å²) in [6.45, 7) is 0.712. The third kappa shape index (κ3) is 3.86. The number of halogens is 1. The summed E-state index contributed by atoms with van der Waals surface area (Å²) in [6, 6.07) is 20.3. The van der Waals surface area contributed by atoms with Crippen LogP contribution in [-0.2, 0) is 20.1 Å². The first-order valence-electron chi connectivity index (χ1n) is 10.4. The molecule has 1 aliphatic heterocycles. The number of fused-ring (bicyclic) bond motifs is 2. The Morgan fingerprint density at radius 1 is 1.00 bits per heavy atom. The molecule has 2 heterocycles. The van der Waals surface area contributed by atoms with Crippen molar-refractivity contribution in [1.29, 1.82) is 0 Å². The largest absolute Gasteiger partial charge is 0.493 e. The molecule has 0 bridgehead atoms. The quantitative estimate of drug-likeness (QED) is 0.341. The molecule has 0 amide bonds. The monoisotopic (exact) mass is 492 g/mol. The molecule has 4 aromatic rings. The maximum absolute atomic E-state index is 6.37. The average Bonchev–Trinajstić information content (AvgIpc) is 3.27. The van der Waals surface area contributed by atoms with Crippen molar-refractivity contribution in [3.05, 3.63) is 88.2 Å². The highest BCUT2D eigenvalue weighted by atomic mass is 79.9.